The van der Waals surface area contributed by atoms with Crippen LogP contribution in [0, 0.1) is 11.8 Å². The van der Waals surface area contributed by atoms with Crippen molar-refractivity contribution in [3.8, 4) is 46.0 Å². The van der Waals surface area contributed by atoms with Crippen LogP contribution in [0.25, 0.3) is 12.2 Å². The maximum absolute atomic E-state index is 13.1. The normalized spacial score (nSPS) is 25.4. The summed E-state index contributed by atoms with van der Waals surface area (Å²) in [6, 6.07) is 19.1. The van der Waals surface area contributed by atoms with E-state index in [4.69, 9.17) is 47.4 Å². The predicted octanol–water partition coefficient (Wildman–Crippen LogP) is 4.62. The van der Waals surface area contributed by atoms with Gasteiger partial charge in [-0.05, 0) is 82.9 Å². The Morgan fingerprint density at radius 1 is 0.619 bits per heavy atom. The zero-order valence-corrected chi connectivity index (χ0v) is 34.7. The number of esters is 2. The molecule has 17 nitrogen and oxygen atoms in total. The van der Waals surface area contributed by atoms with Gasteiger partial charge in [-0.2, -0.15) is 0 Å². The fraction of sp³-hybridized carbons (Fsp3) is 0.348. The molecular weight excluding hydrogens is 824 g/mol. The van der Waals surface area contributed by atoms with Crippen molar-refractivity contribution >= 4 is 24.1 Å². The summed E-state index contributed by atoms with van der Waals surface area (Å²) in [4.78, 5) is 26.0. The molecule has 63 heavy (non-hydrogen) atoms. The number of aromatic hydroxyl groups is 3. The number of carbonyl (C=O) groups excluding carboxylic acids is 2. The Morgan fingerprint density at radius 3 is 1.67 bits per heavy atom. The number of benzene rings is 4. The minimum absolute atomic E-state index is 0.0136. The van der Waals surface area contributed by atoms with E-state index >= 15 is 0 Å². The van der Waals surface area contributed by atoms with Gasteiger partial charge in [-0.1, -0.05) is 24.3 Å². The highest BCUT2D eigenvalue weighted by Crippen LogP contribution is 2.51. The lowest BCUT2D eigenvalue weighted by Gasteiger charge is -2.41. The van der Waals surface area contributed by atoms with Gasteiger partial charge in [-0.3, -0.25) is 0 Å². The Kier molecular flexibility index (Phi) is 13.9. The molecule has 0 radical (unpaired) electrons. The third-order valence-corrected chi connectivity index (χ3v) is 11.1. The highest BCUT2D eigenvalue weighted by molar-refractivity contribution is 5.88. The molecule has 3 saturated heterocycles. The number of rotatable bonds is 15. The van der Waals surface area contributed by atoms with E-state index in [1.807, 2.05) is 0 Å². The van der Waals surface area contributed by atoms with E-state index in [9.17, 15) is 35.1 Å². The average Bonchev–Trinajstić information content (AvgIpc) is 3.91. The second-order valence-corrected chi connectivity index (χ2v) is 14.9. The van der Waals surface area contributed by atoms with E-state index in [2.05, 4.69) is 0 Å². The van der Waals surface area contributed by atoms with Gasteiger partial charge < -0.3 is 72.9 Å². The highest BCUT2D eigenvalue weighted by Gasteiger charge is 2.50. The van der Waals surface area contributed by atoms with Crippen LogP contribution in [0.15, 0.2) is 84.9 Å². The second kappa shape index (κ2) is 19.7. The third kappa shape index (κ3) is 9.93. The van der Waals surface area contributed by atoms with E-state index in [1.54, 1.807) is 42.5 Å². The first-order valence-electron chi connectivity index (χ1n) is 19.8. The van der Waals surface area contributed by atoms with Crippen molar-refractivity contribution in [1.82, 2.24) is 0 Å². The summed E-state index contributed by atoms with van der Waals surface area (Å²) in [7, 11) is 5.68. The van der Waals surface area contributed by atoms with Crippen LogP contribution in [-0.2, 0) is 33.3 Å². The molecule has 3 fully saturated rings. The van der Waals surface area contributed by atoms with Crippen LogP contribution in [0.4, 0.5) is 0 Å². The quantitative estimate of drug-likeness (QED) is 0.0811. The smallest absolute Gasteiger partial charge is 0.331 e. The third-order valence-electron chi connectivity index (χ3n) is 11.1. The topological polar surface area (TPSA) is 228 Å². The summed E-state index contributed by atoms with van der Waals surface area (Å²) in [5, 5.41) is 52.8. The van der Waals surface area contributed by atoms with Crippen molar-refractivity contribution in [1.29, 1.82) is 0 Å². The van der Waals surface area contributed by atoms with Crippen molar-refractivity contribution in [2.45, 2.75) is 42.9 Å². The van der Waals surface area contributed by atoms with Crippen LogP contribution >= 0.6 is 0 Å². The first-order valence-corrected chi connectivity index (χ1v) is 19.8. The zero-order valence-electron chi connectivity index (χ0n) is 34.7. The van der Waals surface area contributed by atoms with Gasteiger partial charge >= 0.3 is 11.9 Å². The molecule has 3 heterocycles. The lowest BCUT2D eigenvalue weighted by molar-refractivity contribution is -0.281. The summed E-state index contributed by atoms with van der Waals surface area (Å²) in [5.74, 6) is -0.831. The number of aliphatic hydroxyl groups excluding tert-OH is 2. The molecule has 17 heteroatoms. The second-order valence-electron chi connectivity index (χ2n) is 14.9. The molecular formula is C46H48O17. The lowest BCUT2D eigenvalue weighted by atomic mass is 9.85. The minimum atomic E-state index is -1.77. The molecule has 0 saturated carbocycles. The SMILES string of the molecule is COc1cc(C=CC(=O)OC[C@H]2O[C@@H](Oc3ccc([C@@H]4OC[C@@H]5[C@H]4CO[C@H]5c4ccc(O)c(OC)c4)cc3OC)[C@H](O)[C@@H](OC(=O)C=Cc3ccc(O)c(OC)c3)[C@@H]2O)ccc1O. The van der Waals surface area contributed by atoms with Crippen LogP contribution in [0.2, 0.25) is 0 Å². The molecule has 4 aromatic carbocycles. The van der Waals surface area contributed by atoms with E-state index in [-0.39, 0.29) is 64.3 Å². The van der Waals surface area contributed by atoms with Gasteiger partial charge in [0.25, 0.3) is 0 Å². The van der Waals surface area contributed by atoms with Crippen molar-refractivity contribution in [3.63, 3.8) is 0 Å². The monoisotopic (exact) mass is 872 g/mol. The van der Waals surface area contributed by atoms with Gasteiger partial charge in [-0.25, -0.2) is 9.59 Å². The molecule has 3 aliphatic heterocycles. The molecule has 0 unspecified atom stereocenters. The Morgan fingerprint density at radius 2 is 1.11 bits per heavy atom. The van der Waals surface area contributed by atoms with E-state index in [0.29, 0.717) is 30.1 Å². The van der Waals surface area contributed by atoms with Gasteiger partial charge in [-0.15, -0.1) is 0 Å². The maximum atomic E-state index is 13.1. The molecule has 0 aliphatic carbocycles. The first-order chi connectivity index (χ1) is 30.4. The molecule has 0 bridgehead atoms. The molecule has 0 amide bonds. The first kappa shape index (κ1) is 44.6. The largest absolute Gasteiger partial charge is 0.504 e. The number of fused-ring (bicyclic) bond motifs is 1. The Hall–Kier alpha value is -6.50. The number of phenols is 3. The van der Waals surface area contributed by atoms with Gasteiger partial charge in [0.2, 0.25) is 6.29 Å². The molecule has 7 rings (SSSR count). The van der Waals surface area contributed by atoms with Gasteiger partial charge in [0.1, 0.15) is 18.8 Å². The fourth-order valence-electron chi connectivity index (χ4n) is 7.78. The number of hydrogen-bond donors (Lipinski definition) is 5. The summed E-state index contributed by atoms with van der Waals surface area (Å²) in [5.41, 5.74) is 2.63. The van der Waals surface area contributed by atoms with Crippen LogP contribution in [0.1, 0.15) is 34.5 Å². The van der Waals surface area contributed by atoms with Crippen LogP contribution in [0.3, 0.4) is 0 Å². The van der Waals surface area contributed by atoms with Gasteiger partial charge in [0.05, 0.1) is 53.9 Å². The zero-order chi connectivity index (χ0) is 44.8. The highest BCUT2D eigenvalue weighted by atomic mass is 16.7. The summed E-state index contributed by atoms with van der Waals surface area (Å²) in [6.45, 7) is 0.282. The molecule has 0 spiro atoms. The lowest BCUT2D eigenvalue weighted by Crippen LogP contribution is -2.61. The molecule has 334 valence electrons. The predicted molar refractivity (Wildman–Crippen MR) is 222 cm³/mol. The summed E-state index contributed by atoms with van der Waals surface area (Å²) >= 11 is 0. The average molecular weight is 873 g/mol. The molecule has 5 N–H and O–H groups in total. The number of methoxy groups -OCH3 is 4. The van der Waals surface area contributed by atoms with Crippen molar-refractivity contribution < 1.29 is 82.5 Å². The Balaban J connectivity index is 1.07. The summed E-state index contributed by atoms with van der Waals surface area (Å²) < 4.78 is 56.9. The fourth-order valence-corrected chi connectivity index (χ4v) is 7.78. The van der Waals surface area contributed by atoms with E-state index < -0.39 is 49.3 Å². The number of carbonyl (C=O) groups is 2. The van der Waals surface area contributed by atoms with E-state index in [1.165, 1.54) is 70.9 Å². The van der Waals surface area contributed by atoms with Gasteiger partial charge in [0.15, 0.2) is 58.2 Å². The number of ether oxygens (including phenoxy) is 10. The molecule has 3 aliphatic rings. The number of aliphatic hydroxyl groups is 2. The number of hydrogen-bond acceptors (Lipinski definition) is 17. The molecule has 9 atom stereocenters. The molecule has 4 aromatic rings. The number of phenolic OH excluding ortho intramolecular Hbond substituents is 3. The molecule has 0 aromatic heterocycles. The van der Waals surface area contributed by atoms with Gasteiger partial charge in [0, 0.05) is 24.0 Å². The summed E-state index contributed by atoms with van der Waals surface area (Å²) in [6.07, 6.45) is -3.72. The Bertz CT molecular complexity index is 2330. The van der Waals surface area contributed by atoms with Crippen molar-refractivity contribution in [2.24, 2.45) is 11.8 Å². The van der Waals surface area contributed by atoms with Crippen LogP contribution < -0.4 is 23.7 Å². The maximum Gasteiger partial charge on any atom is 0.331 e. The van der Waals surface area contributed by atoms with Crippen LogP contribution in [0.5, 0.6) is 46.0 Å². The van der Waals surface area contributed by atoms with Crippen LogP contribution in [-0.4, -0.2) is 116 Å². The standard InChI is InChI=1S/C46H48O17/c1-54-34-17-24(5-11-30(34)47)7-15-39(50)58-23-38-41(52)45(63-40(51)16-8-25-6-12-31(48)35(18-25)55-2)42(53)46(62-38)61-33-14-10-27(20-37(33)57-4)44-29-22-59-43(28(29)21-60-44)26-9-13-32(49)36(19-26)56-3/h5-20,28-29,38,41-49,52-53H,21-23H2,1-4H3/t28-,29-,38-,41-,42-,43+,44+,45+,46-/m1/s1. The van der Waals surface area contributed by atoms with Crippen molar-refractivity contribution in [2.75, 3.05) is 48.3 Å². The Labute approximate surface area is 362 Å². The minimum Gasteiger partial charge on any atom is -0.504 e. The van der Waals surface area contributed by atoms with Crippen molar-refractivity contribution in [3.05, 3.63) is 107 Å². The van der Waals surface area contributed by atoms with E-state index in [0.717, 1.165) is 23.3 Å².